The van der Waals surface area contributed by atoms with E-state index in [0.29, 0.717) is 44.0 Å². The Morgan fingerprint density at radius 1 is 1.24 bits per heavy atom. The Hall–Kier alpha value is -2.28. The number of hydrogen-bond donors (Lipinski definition) is 0. The molecule has 1 atom stereocenters. The number of ether oxygens (including phenoxy) is 2. The first-order valence-corrected chi connectivity index (χ1v) is 10.4. The summed E-state index contributed by atoms with van der Waals surface area (Å²) in [6.45, 7) is 3.46. The maximum absolute atomic E-state index is 12.8. The van der Waals surface area contributed by atoms with Gasteiger partial charge >= 0.3 is 5.97 Å². The van der Waals surface area contributed by atoms with Crippen LogP contribution in [0.15, 0.2) is 18.2 Å². The third-order valence-electron chi connectivity index (χ3n) is 5.49. The lowest BCUT2D eigenvalue weighted by atomic mass is 9.95. The van der Waals surface area contributed by atoms with Gasteiger partial charge in [0, 0.05) is 25.2 Å². The highest BCUT2D eigenvalue weighted by molar-refractivity contribution is 6.30. The van der Waals surface area contributed by atoms with Gasteiger partial charge in [0.1, 0.15) is 12.4 Å². The van der Waals surface area contributed by atoms with Gasteiger partial charge in [-0.05, 0) is 49.9 Å². The van der Waals surface area contributed by atoms with Crippen molar-refractivity contribution in [2.45, 2.75) is 26.2 Å². The molecule has 0 aliphatic carbocycles. The molecule has 1 unspecified atom stereocenters. The number of rotatable bonds is 5. The van der Waals surface area contributed by atoms with Gasteiger partial charge in [0.05, 0.1) is 25.0 Å². The lowest BCUT2D eigenvalue weighted by Crippen LogP contribution is -2.47. The van der Waals surface area contributed by atoms with Crippen molar-refractivity contribution in [1.82, 2.24) is 9.80 Å². The molecule has 0 radical (unpaired) electrons. The molecule has 1 aromatic rings. The summed E-state index contributed by atoms with van der Waals surface area (Å²) in [7, 11) is 1.64. The molecular formula is C21H27ClN2O5. The van der Waals surface area contributed by atoms with Crippen molar-refractivity contribution in [1.29, 1.82) is 0 Å². The number of hydrogen-bond acceptors (Lipinski definition) is 5. The molecule has 2 heterocycles. The topological polar surface area (TPSA) is 76.2 Å². The van der Waals surface area contributed by atoms with Crippen LogP contribution in [0.2, 0.25) is 5.02 Å². The second-order valence-electron chi connectivity index (χ2n) is 7.57. The Morgan fingerprint density at radius 2 is 1.97 bits per heavy atom. The average molecular weight is 423 g/mol. The minimum absolute atomic E-state index is 0.0157. The molecule has 7 nitrogen and oxygen atoms in total. The smallest absolute Gasteiger partial charge is 0.309 e. The van der Waals surface area contributed by atoms with Crippen molar-refractivity contribution in [2.75, 3.05) is 39.9 Å². The number of piperidine rings is 1. The molecule has 1 saturated heterocycles. The third-order valence-corrected chi connectivity index (χ3v) is 5.73. The first kappa shape index (κ1) is 21.4. The molecule has 29 heavy (non-hydrogen) atoms. The van der Waals surface area contributed by atoms with Crippen molar-refractivity contribution in [3.05, 3.63) is 28.8 Å². The number of likely N-dealkylation sites (tertiary alicyclic amines) is 1. The van der Waals surface area contributed by atoms with Crippen LogP contribution in [-0.4, -0.2) is 67.5 Å². The zero-order valence-corrected chi connectivity index (χ0v) is 17.6. The first-order chi connectivity index (χ1) is 13.9. The first-order valence-electron chi connectivity index (χ1n) is 9.99. The Kier molecular flexibility index (Phi) is 7.00. The molecule has 0 spiro atoms. The number of amides is 2. The summed E-state index contributed by atoms with van der Waals surface area (Å²) in [5.74, 6) is -0.155. The van der Waals surface area contributed by atoms with Gasteiger partial charge < -0.3 is 19.3 Å². The standard InChI is InChI=1S/C21H27ClN2O5/c1-3-28-21(27)14-6-8-24(9-7-14)19(25)12-23(2)20(26)16-10-15-11-17(22)4-5-18(15)29-13-16/h4-5,11,14,16H,3,6-10,12-13H2,1-2H3. The molecule has 2 aliphatic heterocycles. The van der Waals surface area contributed by atoms with Crippen molar-refractivity contribution < 1.29 is 23.9 Å². The predicted molar refractivity (Wildman–Crippen MR) is 108 cm³/mol. The van der Waals surface area contributed by atoms with Gasteiger partial charge in [-0.15, -0.1) is 0 Å². The highest BCUT2D eigenvalue weighted by Crippen LogP contribution is 2.30. The summed E-state index contributed by atoms with van der Waals surface area (Å²) in [5.41, 5.74) is 0.905. The summed E-state index contributed by atoms with van der Waals surface area (Å²) < 4.78 is 10.7. The SMILES string of the molecule is CCOC(=O)C1CCN(C(=O)CN(C)C(=O)C2COc3ccc(Cl)cc3C2)CC1. The minimum Gasteiger partial charge on any atom is -0.492 e. The van der Waals surface area contributed by atoms with E-state index in [0.717, 1.165) is 11.3 Å². The van der Waals surface area contributed by atoms with E-state index in [1.807, 2.05) is 12.1 Å². The van der Waals surface area contributed by atoms with Crippen LogP contribution in [0, 0.1) is 11.8 Å². The Balaban J connectivity index is 1.50. The highest BCUT2D eigenvalue weighted by Gasteiger charge is 2.32. The quantitative estimate of drug-likeness (QED) is 0.679. The van der Waals surface area contributed by atoms with Crippen LogP contribution >= 0.6 is 11.6 Å². The van der Waals surface area contributed by atoms with Gasteiger partial charge in [-0.25, -0.2) is 0 Å². The van der Waals surface area contributed by atoms with Gasteiger partial charge in [0.15, 0.2) is 0 Å². The summed E-state index contributed by atoms with van der Waals surface area (Å²) in [6.07, 6.45) is 1.73. The lowest BCUT2D eigenvalue weighted by molar-refractivity contribution is -0.151. The van der Waals surface area contributed by atoms with E-state index in [9.17, 15) is 14.4 Å². The zero-order valence-electron chi connectivity index (χ0n) is 16.9. The molecule has 158 valence electrons. The van der Waals surface area contributed by atoms with Crippen LogP contribution in [0.4, 0.5) is 0 Å². The minimum atomic E-state index is -0.340. The van der Waals surface area contributed by atoms with Crippen LogP contribution < -0.4 is 4.74 Å². The normalized spacial score (nSPS) is 19.1. The van der Waals surface area contributed by atoms with Gasteiger partial charge in [0.25, 0.3) is 0 Å². The number of carbonyl (C=O) groups excluding carboxylic acids is 3. The third kappa shape index (κ3) is 5.21. The second kappa shape index (κ2) is 9.48. The molecule has 1 fully saturated rings. The fourth-order valence-electron chi connectivity index (χ4n) is 3.84. The number of carbonyl (C=O) groups is 3. The molecule has 0 bridgehead atoms. The zero-order chi connectivity index (χ0) is 21.0. The Labute approximate surface area is 175 Å². The van der Waals surface area contributed by atoms with Crippen LogP contribution in [0.3, 0.4) is 0 Å². The van der Waals surface area contributed by atoms with Gasteiger partial charge in [-0.2, -0.15) is 0 Å². The van der Waals surface area contributed by atoms with Crippen LogP contribution in [-0.2, 0) is 25.5 Å². The number of fused-ring (bicyclic) bond motifs is 1. The van der Waals surface area contributed by atoms with E-state index in [2.05, 4.69) is 0 Å². The fraction of sp³-hybridized carbons (Fsp3) is 0.571. The Bertz CT molecular complexity index is 776. The summed E-state index contributed by atoms with van der Waals surface area (Å²) in [4.78, 5) is 40.4. The van der Waals surface area contributed by atoms with E-state index in [-0.39, 0.29) is 42.8 Å². The summed E-state index contributed by atoms with van der Waals surface area (Å²) >= 11 is 6.04. The summed E-state index contributed by atoms with van der Waals surface area (Å²) in [5, 5.41) is 0.607. The maximum atomic E-state index is 12.8. The maximum Gasteiger partial charge on any atom is 0.309 e. The van der Waals surface area contributed by atoms with E-state index in [1.54, 1.807) is 24.9 Å². The van der Waals surface area contributed by atoms with Gasteiger partial charge in [-0.1, -0.05) is 11.6 Å². The van der Waals surface area contributed by atoms with Crippen LogP contribution in [0.25, 0.3) is 0 Å². The molecule has 2 aliphatic rings. The van der Waals surface area contributed by atoms with Crippen LogP contribution in [0.5, 0.6) is 5.75 Å². The molecule has 3 rings (SSSR count). The highest BCUT2D eigenvalue weighted by atomic mass is 35.5. The van der Waals surface area contributed by atoms with Crippen LogP contribution in [0.1, 0.15) is 25.3 Å². The van der Waals surface area contributed by atoms with Crippen molar-refractivity contribution in [3.8, 4) is 5.75 Å². The van der Waals surface area contributed by atoms with E-state index >= 15 is 0 Å². The van der Waals surface area contributed by atoms with Gasteiger partial charge in [-0.3, -0.25) is 14.4 Å². The molecule has 0 N–H and O–H groups in total. The number of nitrogens with zero attached hydrogens (tertiary/aromatic N) is 2. The van der Waals surface area contributed by atoms with Crippen molar-refractivity contribution in [3.63, 3.8) is 0 Å². The largest absolute Gasteiger partial charge is 0.492 e. The van der Waals surface area contributed by atoms with Crippen molar-refractivity contribution in [2.24, 2.45) is 11.8 Å². The predicted octanol–water partition coefficient (Wildman–Crippen LogP) is 2.15. The summed E-state index contributed by atoms with van der Waals surface area (Å²) in [6, 6.07) is 5.39. The second-order valence-corrected chi connectivity index (χ2v) is 8.00. The number of esters is 1. The lowest BCUT2D eigenvalue weighted by Gasteiger charge is -2.33. The van der Waals surface area contributed by atoms with E-state index < -0.39 is 0 Å². The van der Waals surface area contributed by atoms with Crippen molar-refractivity contribution >= 4 is 29.4 Å². The Morgan fingerprint density at radius 3 is 2.66 bits per heavy atom. The van der Waals surface area contributed by atoms with E-state index in [4.69, 9.17) is 21.1 Å². The van der Waals surface area contributed by atoms with Gasteiger partial charge in [0.2, 0.25) is 11.8 Å². The molecule has 8 heteroatoms. The molecule has 2 amide bonds. The molecular weight excluding hydrogens is 396 g/mol. The molecule has 1 aromatic carbocycles. The number of halogens is 1. The van der Waals surface area contributed by atoms with E-state index in [1.165, 1.54) is 4.90 Å². The monoisotopic (exact) mass is 422 g/mol. The number of likely N-dealkylation sites (N-methyl/N-ethyl adjacent to an activating group) is 1. The molecule has 0 saturated carbocycles. The fourth-order valence-corrected chi connectivity index (χ4v) is 4.03. The number of benzene rings is 1. The molecule has 0 aromatic heterocycles. The average Bonchev–Trinajstić information content (AvgIpc) is 2.72.